The van der Waals surface area contributed by atoms with Gasteiger partial charge in [-0.05, 0) is 165 Å². The molecule has 31 nitrogen and oxygen atoms in total. The van der Waals surface area contributed by atoms with Gasteiger partial charge in [0.25, 0.3) is 11.8 Å². The summed E-state index contributed by atoms with van der Waals surface area (Å²) in [5, 5.41) is 66.3. The summed E-state index contributed by atoms with van der Waals surface area (Å²) in [6.45, 7) is 11.0. The zero-order chi connectivity index (χ0) is 85.3. The molecule has 31 heteroatoms. The minimum absolute atomic E-state index is 0.0162. The molecule has 12 aromatic heterocycles. The molecule has 3 saturated carbocycles. The highest BCUT2D eigenvalue weighted by atomic mass is 16.5. The van der Waals surface area contributed by atoms with Crippen LogP contribution >= 0.6 is 0 Å². The number of pyridine rings is 3. The van der Waals surface area contributed by atoms with Crippen LogP contribution < -0.4 is 31.5 Å². The van der Waals surface area contributed by atoms with Gasteiger partial charge >= 0.3 is 5.97 Å². The van der Waals surface area contributed by atoms with Gasteiger partial charge in [0.2, 0.25) is 0 Å². The first-order valence-electron chi connectivity index (χ1n) is 42.8. The third-order valence-electron chi connectivity index (χ3n) is 25.5. The summed E-state index contributed by atoms with van der Waals surface area (Å²) in [6, 6.07) is 38.6. The van der Waals surface area contributed by atoms with Crippen molar-refractivity contribution in [2.75, 3.05) is 75.9 Å². The highest BCUT2D eigenvalue weighted by Crippen LogP contribution is 2.41. The predicted octanol–water partition coefficient (Wildman–Crippen LogP) is 12.6. The van der Waals surface area contributed by atoms with Crippen LogP contribution in [0.5, 0.6) is 0 Å². The molecule has 0 bridgehead atoms. The van der Waals surface area contributed by atoms with E-state index in [1.54, 1.807) is 46.0 Å². The number of fused-ring (bicyclic) bond motifs is 6. The fraction of sp³-hybridized carbons (Fsp3) is 0.413. The Labute approximate surface area is 711 Å². The van der Waals surface area contributed by atoms with Crippen LogP contribution in [0.4, 0.5) is 17.5 Å². The topological polar surface area (TPSA) is 372 Å². The number of hydrogen-bond donors (Lipinski definition) is 8. The van der Waals surface area contributed by atoms with Gasteiger partial charge in [0, 0.05) is 186 Å². The number of carbonyl (C=O) groups is 3. The molecule has 123 heavy (non-hydrogen) atoms. The quantitative estimate of drug-likeness (QED) is 0.0395. The van der Waals surface area contributed by atoms with Gasteiger partial charge in [-0.2, -0.15) is 28.8 Å². The van der Waals surface area contributed by atoms with Crippen molar-refractivity contribution in [3.8, 4) is 33.8 Å². The minimum atomic E-state index is -1.06. The summed E-state index contributed by atoms with van der Waals surface area (Å²) in [7, 11) is 5.82. The molecule has 0 radical (unpaired) electrons. The molecule has 20 rings (SSSR count). The molecule has 9 N–H and O–H groups in total. The highest BCUT2D eigenvalue weighted by molar-refractivity contribution is 6.03. The number of nitrogens with two attached hydrogens (primary N) is 1. The van der Waals surface area contributed by atoms with Crippen molar-refractivity contribution in [2.45, 2.75) is 183 Å². The van der Waals surface area contributed by atoms with Gasteiger partial charge in [-0.3, -0.25) is 9.59 Å². The van der Waals surface area contributed by atoms with Crippen molar-refractivity contribution in [3.05, 3.63) is 199 Å². The summed E-state index contributed by atoms with van der Waals surface area (Å²) >= 11 is 0. The number of nitrogens with one attached hydrogen (secondary N) is 3. The van der Waals surface area contributed by atoms with E-state index in [4.69, 9.17) is 39.9 Å². The summed E-state index contributed by atoms with van der Waals surface area (Å²) in [6.07, 6.45) is 29.4. The fourth-order valence-corrected chi connectivity index (χ4v) is 18.3. The Hall–Kier alpha value is -12.1. The molecule has 2 unspecified atom stereocenters. The molecular weight excluding hydrogens is 1560 g/mol. The molecule has 3 aliphatic carbocycles. The molecule has 6 fully saturated rings. The van der Waals surface area contributed by atoms with Crippen molar-refractivity contribution in [1.82, 2.24) is 83.1 Å². The Morgan fingerprint density at radius 1 is 0.463 bits per heavy atom. The second kappa shape index (κ2) is 35.4. The van der Waals surface area contributed by atoms with Crippen LogP contribution in [-0.2, 0) is 27.3 Å². The molecule has 15 heterocycles. The molecular formula is C92H107N21O10. The van der Waals surface area contributed by atoms with Crippen LogP contribution in [-0.4, -0.2) is 206 Å². The van der Waals surface area contributed by atoms with Crippen LogP contribution in [0.2, 0.25) is 0 Å². The van der Waals surface area contributed by atoms with Crippen molar-refractivity contribution in [3.63, 3.8) is 0 Å². The number of nitrogens with zero attached hydrogens (tertiary/aromatic N) is 17. The molecule has 0 spiro atoms. The maximum atomic E-state index is 13.7. The van der Waals surface area contributed by atoms with E-state index in [2.05, 4.69) is 120 Å². The average Bonchev–Trinajstić information content (AvgIpc) is 1.61. The Morgan fingerprint density at radius 2 is 0.821 bits per heavy atom. The Balaban J connectivity index is 0.000000125. The van der Waals surface area contributed by atoms with Crippen molar-refractivity contribution in [2.24, 2.45) is 5.73 Å². The standard InChI is InChI=1S/C33H37N7O3.C27H26N6O3.C26H31N7O3.C6H13NO/c1-33(42)14-6-11-28(33)37-32(41)25-19-35-40-29(38(2)20-22-8-4-3-5-9-22)18-27(36-31(25)40)26-21-39(23-12-16-43-17-13-23)30-24(26)10-7-15-34-30;1-31(16-18-6-3-2-4-7-18)24-14-23(30-26-21(27(34)35)15-29-33(24)26)22-17-32(19-9-12-36-13-10-19)25-20(22)8-5-11-28-25;1-26(35)9-3-6-21(26)31-25(34)18-14-29-33-22(27-2)13-20(30-24(18)33)19-15-32(16-7-11-36-12-8-16)23-17(19)5-4-10-28-23;1-6(8)4-2-3-5(6)7/h3-5,7-10,15,18-19,21,23,28,42H,6,11-14,16-17,20H2,1-2H3,(H,37,41);2-8,11,14-15,17,19H,9-10,12-13,16H2,1H3,(H,34,35);4-5,10,13-16,21,27,35H,3,6-9,11-12H2,1-2H3,(H,31,34);5,8H,2-4,7H2,1H3/t28?,33-;;21?,26-;5-,6-/m0.00/s1. The fourth-order valence-electron chi connectivity index (χ4n) is 18.3. The third kappa shape index (κ3) is 17.2. The summed E-state index contributed by atoms with van der Waals surface area (Å²) < 4.78 is 28.5. The largest absolute Gasteiger partial charge is 0.477 e. The maximum Gasteiger partial charge on any atom is 0.341 e. The van der Waals surface area contributed by atoms with Crippen LogP contribution in [0.3, 0.4) is 0 Å². The van der Waals surface area contributed by atoms with Crippen LogP contribution in [0.15, 0.2) is 171 Å². The van der Waals surface area contributed by atoms with Gasteiger partial charge < -0.3 is 79.8 Å². The van der Waals surface area contributed by atoms with Gasteiger partial charge in [-0.1, -0.05) is 60.7 Å². The molecule has 3 aliphatic heterocycles. The predicted molar refractivity (Wildman–Crippen MR) is 470 cm³/mol. The second-order valence-corrected chi connectivity index (χ2v) is 34.1. The number of carboxylic acid groups (broad SMARTS) is 1. The smallest absolute Gasteiger partial charge is 0.341 e. The van der Waals surface area contributed by atoms with Crippen LogP contribution in [0, 0.1) is 0 Å². The lowest BCUT2D eigenvalue weighted by Crippen LogP contribution is -2.47. The van der Waals surface area contributed by atoms with Crippen molar-refractivity contribution in [1.29, 1.82) is 0 Å². The molecule has 6 aliphatic rings. The average molecular weight is 1670 g/mol. The first-order chi connectivity index (χ1) is 59.6. The molecule has 3 saturated heterocycles. The number of aromatic nitrogens is 15. The van der Waals surface area contributed by atoms with Gasteiger partial charge in [-0.15, -0.1) is 0 Å². The van der Waals surface area contributed by atoms with E-state index in [1.807, 2.05) is 119 Å². The normalized spacial score (nSPS) is 21.4. The number of aliphatic hydroxyl groups is 3. The molecule has 640 valence electrons. The summed E-state index contributed by atoms with van der Waals surface area (Å²) in [5.41, 5.74) is 15.2. The van der Waals surface area contributed by atoms with Gasteiger partial charge in [-0.25, -0.2) is 34.7 Å². The Kier molecular flexibility index (Phi) is 23.9. The van der Waals surface area contributed by atoms with Crippen LogP contribution in [0.1, 0.15) is 177 Å². The monoisotopic (exact) mass is 1670 g/mol. The number of benzene rings is 2. The number of rotatable bonds is 18. The Morgan fingerprint density at radius 3 is 1.17 bits per heavy atom. The van der Waals surface area contributed by atoms with E-state index < -0.39 is 22.8 Å². The van der Waals surface area contributed by atoms with E-state index in [1.165, 1.54) is 6.20 Å². The van der Waals surface area contributed by atoms with Crippen molar-refractivity contribution < 1.29 is 49.0 Å². The first-order valence-corrected chi connectivity index (χ1v) is 42.8. The van der Waals surface area contributed by atoms with Gasteiger partial charge in [0.1, 0.15) is 51.1 Å². The first kappa shape index (κ1) is 83.2. The summed E-state index contributed by atoms with van der Waals surface area (Å²) in [4.78, 5) is 72.0. The number of hydrogen-bond acceptors (Lipinski definition) is 22. The highest BCUT2D eigenvalue weighted by Gasteiger charge is 2.41. The molecule has 6 atom stereocenters. The molecule has 2 aromatic carbocycles. The molecule has 2 amide bonds. The number of aromatic carboxylic acids is 1. The number of ether oxygens (including phenoxy) is 3. The van der Waals surface area contributed by atoms with Crippen molar-refractivity contribution >= 4 is 85.3 Å². The summed E-state index contributed by atoms with van der Waals surface area (Å²) in [5.74, 6) is 0.661. The minimum Gasteiger partial charge on any atom is -0.477 e. The van der Waals surface area contributed by atoms with E-state index in [9.17, 15) is 34.8 Å². The van der Waals surface area contributed by atoms with Gasteiger partial charge in [0.05, 0.1) is 64.6 Å². The zero-order valence-corrected chi connectivity index (χ0v) is 70.3. The maximum absolute atomic E-state index is 13.7. The van der Waals surface area contributed by atoms with E-state index >= 15 is 0 Å². The van der Waals surface area contributed by atoms with Crippen LogP contribution in [0.25, 0.3) is 83.8 Å². The lowest BCUT2D eigenvalue weighted by molar-refractivity contribution is 0.0367. The Bertz CT molecular complexity index is 6130. The number of amides is 2. The van der Waals surface area contributed by atoms with E-state index in [-0.39, 0.29) is 35.5 Å². The van der Waals surface area contributed by atoms with E-state index in [0.29, 0.717) is 77.8 Å². The molecule has 14 aromatic rings. The SMILES string of the molecule is CN(Cc1ccccc1)c1cc(-c2cn(C3CCOCC3)c3ncccc23)nc2c(C(=O)NC3CCC[C@]3(C)O)cnn12.CN(Cc1ccccc1)c1cc(-c2cn(C3CCOCC3)c3ncccc23)nc2c(C(=O)O)cnn12.CNc1cc(-c2cn(C3CCOCC3)c3ncccc23)nc2c(C(=O)NC3CCC[C@]3(C)O)cnn12.C[C@]1(O)CCC[C@@H]1N. The number of carboxylic acids is 1. The second-order valence-electron chi connectivity index (χ2n) is 34.1. The van der Waals surface area contributed by atoms with E-state index in [0.717, 1.165) is 213 Å². The lowest BCUT2D eigenvalue weighted by atomic mass is 10.0. The number of anilines is 3. The zero-order valence-electron chi connectivity index (χ0n) is 70.3. The third-order valence-corrected chi connectivity index (χ3v) is 25.5. The lowest BCUT2D eigenvalue weighted by Gasteiger charge is -2.26. The van der Waals surface area contributed by atoms with Gasteiger partial charge in [0.15, 0.2) is 16.9 Å². The number of carbonyl (C=O) groups excluding carboxylic acids is 2.